The maximum atomic E-state index is 5.33. The minimum absolute atomic E-state index is 0.0156. The normalized spacial score (nSPS) is 18.0. The Labute approximate surface area is 73.2 Å². The fraction of sp³-hybridized carbons (Fsp3) is 0.667. The molecule has 1 aliphatic heterocycles. The van der Waals surface area contributed by atoms with Crippen LogP contribution in [-0.4, -0.2) is 25.2 Å². The fourth-order valence-corrected chi connectivity index (χ4v) is 0.956. The van der Waals surface area contributed by atoms with E-state index in [1.54, 1.807) is 0 Å². The number of nitrogens with zero attached hydrogens (tertiary/aromatic N) is 1. The van der Waals surface area contributed by atoms with Gasteiger partial charge in [0, 0.05) is 0 Å². The molecule has 0 aliphatic carbocycles. The van der Waals surface area contributed by atoms with Crippen LogP contribution < -0.4 is 5.32 Å². The monoisotopic (exact) mass is 166 g/mol. The molecular formula is C9H14N2O. The lowest BCUT2D eigenvalue weighted by atomic mass is 10.1. The van der Waals surface area contributed by atoms with E-state index in [1.807, 2.05) is 0 Å². The first kappa shape index (κ1) is 8.92. The first-order chi connectivity index (χ1) is 5.74. The van der Waals surface area contributed by atoms with Crippen molar-refractivity contribution in [1.82, 2.24) is 5.32 Å². The zero-order chi connectivity index (χ0) is 8.97. The minimum Gasteiger partial charge on any atom is -0.463 e. The standard InChI is InChI=1S/C9H14N2O/c1-4-8(7(2)3)11-9-10-5-6-12-9/h1,7-8H,5-6H2,2-3H3,(H,10,11)/t8-/m1/s1. The van der Waals surface area contributed by atoms with E-state index in [0.717, 1.165) is 6.54 Å². The van der Waals surface area contributed by atoms with Crippen LogP contribution in [-0.2, 0) is 4.74 Å². The summed E-state index contributed by atoms with van der Waals surface area (Å²) in [4.78, 5) is 4.09. The molecule has 0 radical (unpaired) electrons. The van der Waals surface area contributed by atoms with Crippen molar-refractivity contribution in [2.45, 2.75) is 19.9 Å². The van der Waals surface area contributed by atoms with Crippen LogP contribution in [0.4, 0.5) is 0 Å². The van der Waals surface area contributed by atoms with Crippen molar-refractivity contribution in [3.8, 4) is 12.3 Å². The molecule has 0 aromatic carbocycles. The average Bonchev–Trinajstić information content (AvgIpc) is 2.51. The molecule has 0 fully saturated rings. The Morgan fingerprint density at radius 3 is 2.83 bits per heavy atom. The number of amidine groups is 1. The fourth-order valence-electron chi connectivity index (χ4n) is 0.956. The molecule has 1 atom stereocenters. The third kappa shape index (κ3) is 2.16. The second-order valence-corrected chi connectivity index (χ2v) is 3.07. The smallest absolute Gasteiger partial charge is 0.285 e. The molecule has 1 rings (SSSR count). The number of terminal acetylenes is 1. The summed E-state index contributed by atoms with van der Waals surface area (Å²) in [6.45, 7) is 5.52. The van der Waals surface area contributed by atoms with Gasteiger partial charge in [-0.3, -0.25) is 0 Å². The highest BCUT2D eigenvalue weighted by molar-refractivity contribution is 5.75. The Kier molecular flexibility index (Phi) is 2.98. The quantitative estimate of drug-likeness (QED) is 0.610. The Hall–Kier alpha value is -1.17. The van der Waals surface area contributed by atoms with Crippen LogP contribution in [0.5, 0.6) is 0 Å². The highest BCUT2D eigenvalue weighted by atomic mass is 16.5. The molecule has 0 amide bonds. The predicted octanol–water partition coefficient (Wildman–Crippen LogP) is 0.620. The zero-order valence-electron chi connectivity index (χ0n) is 7.50. The minimum atomic E-state index is 0.0156. The summed E-state index contributed by atoms with van der Waals surface area (Å²) in [5.41, 5.74) is 0. The van der Waals surface area contributed by atoms with Gasteiger partial charge in [-0.2, -0.15) is 0 Å². The summed E-state index contributed by atoms with van der Waals surface area (Å²) in [5, 5.41) is 3.06. The lowest BCUT2D eigenvalue weighted by Gasteiger charge is -2.16. The van der Waals surface area contributed by atoms with Crippen LogP contribution in [0.3, 0.4) is 0 Å². The molecule has 1 heterocycles. The lowest BCUT2D eigenvalue weighted by Crippen LogP contribution is -2.37. The van der Waals surface area contributed by atoms with Crippen LogP contribution >= 0.6 is 0 Å². The van der Waals surface area contributed by atoms with Crippen LogP contribution in [0, 0.1) is 18.3 Å². The van der Waals surface area contributed by atoms with Gasteiger partial charge in [-0.1, -0.05) is 19.8 Å². The molecule has 66 valence electrons. The van der Waals surface area contributed by atoms with E-state index < -0.39 is 0 Å². The third-order valence-corrected chi connectivity index (χ3v) is 1.71. The van der Waals surface area contributed by atoms with Crippen LogP contribution in [0.25, 0.3) is 0 Å². The number of hydrogen-bond acceptors (Lipinski definition) is 3. The number of nitrogens with one attached hydrogen (secondary N) is 1. The maximum Gasteiger partial charge on any atom is 0.285 e. The molecule has 0 unspecified atom stereocenters. The van der Waals surface area contributed by atoms with E-state index >= 15 is 0 Å². The summed E-state index contributed by atoms with van der Waals surface area (Å²) in [7, 11) is 0. The largest absolute Gasteiger partial charge is 0.463 e. The maximum absolute atomic E-state index is 5.33. The first-order valence-electron chi connectivity index (χ1n) is 4.14. The average molecular weight is 166 g/mol. The Bertz CT molecular complexity index is 215. The van der Waals surface area contributed by atoms with Gasteiger partial charge in [-0.05, 0) is 5.92 Å². The summed E-state index contributed by atoms with van der Waals surface area (Å²) in [5.74, 6) is 3.05. The van der Waals surface area contributed by atoms with Gasteiger partial charge in [-0.25, -0.2) is 4.99 Å². The van der Waals surface area contributed by atoms with Gasteiger partial charge in [0.2, 0.25) is 0 Å². The Morgan fingerprint density at radius 1 is 1.67 bits per heavy atom. The SMILES string of the molecule is C#C[C@@H](NC1=NCCO1)C(C)C. The van der Waals surface area contributed by atoms with Crippen molar-refractivity contribution < 1.29 is 4.74 Å². The molecule has 0 bridgehead atoms. The van der Waals surface area contributed by atoms with E-state index in [4.69, 9.17) is 11.2 Å². The topological polar surface area (TPSA) is 33.6 Å². The van der Waals surface area contributed by atoms with E-state index in [1.165, 1.54) is 0 Å². The second kappa shape index (κ2) is 4.01. The van der Waals surface area contributed by atoms with Crippen molar-refractivity contribution in [2.75, 3.05) is 13.2 Å². The van der Waals surface area contributed by atoms with Crippen LogP contribution in [0.1, 0.15) is 13.8 Å². The third-order valence-electron chi connectivity index (χ3n) is 1.71. The van der Waals surface area contributed by atoms with E-state index in [9.17, 15) is 0 Å². The van der Waals surface area contributed by atoms with Gasteiger partial charge in [0.05, 0.1) is 12.6 Å². The lowest BCUT2D eigenvalue weighted by molar-refractivity contribution is 0.323. The molecule has 0 spiro atoms. The highest BCUT2D eigenvalue weighted by Gasteiger charge is 2.14. The van der Waals surface area contributed by atoms with Gasteiger partial charge in [0.15, 0.2) is 0 Å². The highest BCUT2D eigenvalue weighted by Crippen LogP contribution is 2.01. The van der Waals surface area contributed by atoms with Gasteiger partial charge in [-0.15, -0.1) is 6.42 Å². The zero-order valence-corrected chi connectivity index (χ0v) is 7.50. The van der Waals surface area contributed by atoms with Crippen LogP contribution in [0.15, 0.2) is 4.99 Å². The van der Waals surface area contributed by atoms with E-state index in [2.05, 4.69) is 30.1 Å². The van der Waals surface area contributed by atoms with Crippen molar-refractivity contribution in [3.05, 3.63) is 0 Å². The molecule has 0 saturated carbocycles. The molecule has 0 aromatic heterocycles. The van der Waals surface area contributed by atoms with E-state index in [0.29, 0.717) is 18.5 Å². The summed E-state index contributed by atoms with van der Waals surface area (Å²) in [6.07, 6.45) is 5.33. The number of hydrogen-bond donors (Lipinski definition) is 1. The van der Waals surface area contributed by atoms with Crippen molar-refractivity contribution in [1.29, 1.82) is 0 Å². The molecule has 0 aromatic rings. The van der Waals surface area contributed by atoms with E-state index in [-0.39, 0.29) is 6.04 Å². The van der Waals surface area contributed by atoms with Crippen molar-refractivity contribution in [3.63, 3.8) is 0 Å². The molecule has 1 N–H and O–H groups in total. The number of rotatable bonds is 2. The molecule has 3 nitrogen and oxygen atoms in total. The first-order valence-corrected chi connectivity index (χ1v) is 4.14. The van der Waals surface area contributed by atoms with Crippen LogP contribution in [0.2, 0.25) is 0 Å². The second-order valence-electron chi connectivity index (χ2n) is 3.07. The summed E-state index contributed by atoms with van der Waals surface area (Å²) in [6, 6.07) is 0.605. The van der Waals surface area contributed by atoms with Gasteiger partial charge >= 0.3 is 0 Å². The van der Waals surface area contributed by atoms with Crippen molar-refractivity contribution in [2.24, 2.45) is 10.9 Å². The van der Waals surface area contributed by atoms with Gasteiger partial charge in [0.1, 0.15) is 6.61 Å². The molecular weight excluding hydrogens is 152 g/mol. The molecule has 1 aliphatic rings. The van der Waals surface area contributed by atoms with Gasteiger partial charge in [0.25, 0.3) is 6.02 Å². The molecule has 3 heteroatoms. The predicted molar refractivity (Wildman–Crippen MR) is 48.8 cm³/mol. The molecule has 12 heavy (non-hydrogen) atoms. The van der Waals surface area contributed by atoms with Crippen molar-refractivity contribution >= 4 is 6.02 Å². The Balaban J connectivity index is 2.43. The van der Waals surface area contributed by atoms with Gasteiger partial charge < -0.3 is 10.1 Å². The number of aliphatic imine (C=N–C) groups is 1. The molecule has 0 saturated heterocycles. The summed E-state index contributed by atoms with van der Waals surface area (Å²) >= 11 is 0. The summed E-state index contributed by atoms with van der Waals surface area (Å²) < 4.78 is 5.18. The number of ether oxygens (including phenoxy) is 1. The Morgan fingerprint density at radius 2 is 2.42 bits per heavy atom.